The third-order valence-corrected chi connectivity index (χ3v) is 3.19. The van der Waals surface area contributed by atoms with E-state index in [4.69, 9.17) is 9.47 Å². The Morgan fingerprint density at radius 2 is 1.63 bits per heavy atom. The van der Waals surface area contributed by atoms with Crippen molar-refractivity contribution in [1.82, 2.24) is 5.32 Å². The maximum atomic E-state index is 5.46. The molecule has 0 spiro atoms. The molecule has 0 aliphatic heterocycles. The average molecular weight is 265 g/mol. The molecule has 1 rings (SSSR count). The SMILES string of the molecule is COc1cccc(OC)c1C(C)CCNC(C)(C)C. The molecule has 1 aromatic carbocycles. The molecule has 0 aliphatic carbocycles. The van der Waals surface area contributed by atoms with Crippen LogP contribution in [0.25, 0.3) is 0 Å². The number of ether oxygens (including phenoxy) is 2. The Hall–Kier alpha value is -1.22. The zero-order chi connectivity index (χ0) is 14.5. The minimum atomic E-state index is 0.157. The summed E-state index contributed by atoms with van der Waals surface area (Å²) in [6.07, 6.45) is 1.05. The maximum absolute atomic E-state index is 5.46. The number of hydrogen-bond acceptors (Lipinski definition) is 3. The molecule has 1 N–H and O–H groups in total. The van der Waals surface area contributed by atoms with E-state index < -0.39 is 0 Å². The van der Waals surface area contributed by atoms with Crippen LogP contribution in [0.4, 0.5) is 0 Å². The van der Waals surface area contributed by atoms with Crippen LogP contribution in [0, 0.1) is 0 Å². The van der Waals surface area contributed by atoms with Crippen molar-refractivity contribution < 1.29 is 9.47 Å². The summed E-state index contributed by atoms with van der Waals surface area (Å²) in [5.41, 5.74) is 1.31. The first-order valence-electron chi connectivity index (χ1n) is 6.85. The lowest BCUT2D eigenvalue weighted by molar-refractivity contribution is 0.372. The fourth-order valence-corrected chi connectivity index (χ4v) is 2.17. The summed E-state index contributed by atoms with van der Waals surface area (Å²) < 4.78 is 10.9. The summed E-state index contributed by atoms with van der Waals surface area (Å²) >= 11 is 0. The van der Waals surface area contributed by atoms with Gasteiger partial charge in [-0.1, -0.05) is 13.0 Å². The van der Waals surface area contributed by atoms with Crippen LogP contribution in [-0.4, -0.2) is 26.3 Å². The van der Waals surface area contributed by atoms with Crippen LogP contribution in [0.2, 0.25) is 0 Å². The third kappa shape index (κ3) is 4.75. The van der Waals surface area contributed by atoms with Gasteiger partial charge in [0.2, 0.25) is 0 Å². The Morgan fingerprint density at radius 1 is 1.11 bits per heavy atom. The molecule has 0 heterocycles. The minimum absolute atomic E-state index is 0.157. The van der Waals surface area contributed by atoms with Gasteiger partial charge in [0, 0.05) is 11.1 Å². The third-order valence-electron chi connectivity index (χ3n) is 3.19. The Kier molecular flexibility index (Phi) is 5.67. The maximum Gasteiger partial charge on any atom is 0.126 e. The molecule has 1 unspecified atom stereocenters. The molecule has 0 amide bonds. The number of rotatable bonds is 6. The van der Waals surface area contributed by atoms with Gasteiger partial charge in [0.25, 0.3) is 0 Å². The highest BCUT2D eigenvalue weighted by Gasteiger charge is 2.17. The molecular weight excluding hydrogens is 238 g/mol. The van der Waals surface area contributed by atoms with E-state index >= 15 is 0 Å². The topological polar surface area (TPSA) is 30.5 Å². The molecule has 0 fully saturated rings. The molecule has 19 heavy (non-hydrogen) atoms. The largest absolute Gasteiger partial charge is 0.496 e. The van der Waals surface area contributed by atoms with Gasteiger partial charge in [-0.15, -0.1) is 0 Å². The van der Waals surface area contributed by atoms with Crippen molar-refractivity contribution in [2.45, 2.75) is 45.6 Å². The van der Waals surface area contributed by atoms with E-state index in [9.17, 15) is 0 Å². The van der Waals surface area contributed by atoms with Gasteiger partial charge >= 0.3 is 0 Å². The molecule has 0 radical (unpaired) electrons. The second-order valence-corrected chi connectivity index (χ2v) is 5.94. The lowest BCUT2D eigenvalue weighted by Crippen LogP contribution is -2.36. The first-order chi connectivity index (χ1) is 8.89. The zero-order valence-electron chi connectivity index (χ0n) is 13.0. The van der Waals surface area contributed by atoms with Crippen LogP contribution >= 0.6 is 0 Å². The summed E-state index contributed by atoms with van der Waals surface area (Å²) in [6, 6.07) is 5.94. The van der Waals surface area contributed by atoms with Gasteiger partial charge in [0.15, 0.2) is 0 Å². The molecule has 0 aliphatic rings. The monoisotopic (exact) mass is 265 g/mol. The van der Waals surface area contributed by atoms with Crippen LogP contribution in [0.5, 0.6) is 11.5 Å². The van der Waals surface area contributed by atoms with Crippen molar-refractivity contribution in [3.05, 3.63) is 23.8 Å². The van der Waals surface area contributed by atoms with E-state index in [1.165, 1.54) is 0 Å². The summed E-state index contributed by atoms with van der Waals surface area (Å²) in [5, 5.41) is 3.52. The lowest BCUT2D eigenvalue weighted by atomic mass is 9.95. The Bertz CT molecular complexity index is 374. The first-order valence-corrected chi connectivity index (χ1v) is 6.85. The van der Waals surface area contributed by atoms with Crippen molar-refractivity contribution in [3.63, 3.8) is 0 Å². The van der Waals surface area contributed by atoms with E-state index in [0.29, 0.717) is 5.92 Å². The summed E-state index contributed by atoms with van der Waals surface area (Å²) in [6.45, 7) is 9.74. The van der Waals surface area contributed by atoms with Crippen LogP contribution in [0.1, 0.15) is 45.6 Å². The number of benzene rings is 1. The Balaban J connectivity index is 2.78. The van der Waals surface area contributed by atoms with E-state index in [1.807, 2.05) is 18.2 Å². The van der Waals surface area contributed by atoms with Crippen LogP contribution in [0.3, 0.4) is 0 Å². The molecule has 3 heteroatoms. The van der Waals surface area contributed by atoms with Gasteiger partial charge in [-0.05, 0) is 51.8 Å². The molecule has 0 aromatic heterocycles. The minimum Gasteiger partial charge on any atom is -0.496 e. The van der Waals surface area contributed by atoms with Crippen molar-refractivity contribution >= 4 is 0 Å². The van der Waals surface area contributed by atoms with Crippen molar-refractivity contribution in [2.24, 2.45) is 0 Å². The predicted molar refractivity (Wildman–Crippen MR) is 80.3 cm³/mol. The lowest BCUT2D eigenvalue weighted by Gasteiger charge is -2.23. The Morgan fingerprint density at radius 3 is 2.05 bits per heavy atom. The van der Waals surface area contributed by atoms with Gasteiger partial charge in [0.1, 0.15) is 11.5 Å². The highest BCUT2D eigenvalue weighted by molar-refractivity contribution is 5.46. The molecule has 0 bridgehead atoms. The van der Waals surface area contributed by atoms with E-state index in [-0.39, 0.29) is 5.54 Å². The summed E-state index contributed by atoms with van der Waals surface area (Å²) in [7, 11) is 3.41. The number of hydrogen-bond donors (Lipinski definition) is 1. The summed E-state index contributed by atoms with van der Waals surface area (Å²) in [5.74, 6) is 2.20. The highest BCUT2D eigenvalue weighted by atomic mass is 16.5. The molecule has 108 valence electrons. The quantitative estimate of drug-likeness (QED) is 0.852. The molecular formula is C16H27NO2. The molecule has 0 saturated carbocycles. The van der Waals surface area contributed by atoms with E-state index in [0.717, 1.165) is 30.0 Å². The Labute approximate surface area is 117 Å². The molecule has 1 aromatic rings. The first kappa shape index (κ1) is 15.8. The summed E-state index contributed by atoms with van der Waals surface area (Å²) in [4.78, 5) is 0. The average Bonchev–Trinajstić information content (AvgIpc) is 2.35. The predicted octanol–water partition coefficient (Wildman–Crippen LogP) is 3.59. The van der Waals surface area contributed by atoms with Crippen molar-refractivity contribution in [2.75, 3.05) is 20.8 Å². The van der Waals surface area contributed by atoms with Gasteiger partial charge < -0.3 is 14.8 Å². The van der Waals surface area contributed by atoms with Crippen molar-refractivity contribution in [1.29, 1.82) is 0 Å². The normalized spacial score (nSPS) is 13.2. The number of nitrogens with one attached hydrogen (secondary N) is 1. The second kappa shape index (κ2) is 6.80. The zero-order valence-corrected chi connectivity index (χ0v) is 13.0. The van der Waals surface area contributed by atoms with E-state index in [1.54, 1.807) is 14.2 Å². The molecule has 3 nitrogen and oxygen atoms in total. The van der Waals surface area contributed by atoms with Crippen LogP contribution < -0.4 is 14.8 Å². The number of methoxy groups -OCH3 is 2. The van der Waals surface area contributed by atoms with Crippen molar-refractivity contribution in [3.8, 4) is 11.5 Å². The standard InChI is InChI=1S/C16H27NO2/c1-12(10-11-17-16(2,3)4)15-13(18-5)8-7-9-14(15)19-6/h7-9,12,17H,10-11H2,1-6H3. The molecule has 0 saturated heterocycles. The van der Waals surface area contributed by atoms with Gasteiger partial charge in [-0.25, -0.2) is 0 Å². The second-order valence-electron chi connectivity index (χ2n) is 5.94. The van der Waals surface area contributed by atoms with Crippen LogP contribution in [0.15, 0.2) is 18.2 Å². The van der Waals surface area contributed by atoms with Gasteiger partial charge in [0.05, 0.1) is 14.2 Å². The van der Waals surface area contributed by atoms with Crippen LogP contribution in [-0.2, 0) is 0 Å². The smallest absolute Gasteiger partial charge is 0.126 e. The molecule has 1 atom stereocenters. The van der Waals surface area contributed by atoms with Gasteiger partial charge in [-0.3, -0.25) is 0 Å². The fraction of sp³-hybridized carbons (Fsp3) is 0.625. The fourth-order valence-electron chi connectivity index (χ4n) is 2.17. The van der Waals surface area contributed by atoms with E-state index in [2.05, 4.69) is 33.0 Å². The van der Waals surface area contributed by atoms with Gasteiger partial charge in [-0.2, -0.15) is 0 Å². The highest BCUT2D eigenvalue weighted by Crippen LogP contribution is 2.36.